The van der Waals surface area contributed by atoms with Gasteiger partial charge in [0, 0.05) is 53.8 Å². The predicted molar refractivity (Wildman–Crippen MR) is 175 cm³/mol. The van der Waals surface area contributed by atoms with Gasteiger partial charge < -0.3 is 57.7 Å². The van der Waals surface area contributed by atoms with Gasteiger partial charge in [-0.2, -0.15) is 11.8 Å². The Hall–Kier alpha value is -4.34. The Morgan fingerprint density at radius 2 is 1.29 bits per heavy atom. The molecule has 0 spiro atoms. The number of carbonyl (C=O) groups excluding carboxylic acids is 4. The van der Waals surface area contributed by atoms with Gasteiger partial charge in [-0.1, -0.05) is 0 Å². The van der Waals surface area contributed by atoms with E-state index in [4.69, 9.17) is 31.9 Å². The molecule has 0 aromatic carbocycles. The average Bonchev–Trinajstić information content (AvgIpc) is 3.64. The van der Waals surface area contributed by atoms with Crippen LogP contribution in [0.5, 0.6) is 0 Å². The summed E-state index contributed by atoms with van der Waals surface area (Å²) in [6, 6.07) is -2.91. The summed E-state index contributed by atoms with van der Waals surface area (Å²) in [7, 11) is 0. The number of amides is 4. The van der Waals surface area contributed by atoms with Crippen LogP contribution >= 0.6 is 23.5 Å². The van der Waals surface area contributed by atoms with E-state index in [0.717, 1.165) is 11.3 Å². The monoisotopic (exact) mass is 731 g/mol. The summed E-state index contributed by atoms with van der Waals surface area (Å²) in [5.74, 6) is -7.35. The van der Waals surface area contributed by atoms with E-state index in [1.54, 1.807) is 0 Å². The molecule has 1 aromatic heterocycles. The van der Waals surface area contributed by atoms with Crippen molar-refractivity contribution in [2.75, 3.05) is 24.6 Å². The molecule has 1 aromatic rings. The molecule has 2 rings (SSSR count). The van der Waals surface area contributed by atoms with Gasteiger partial charge in [-0.15, -0.1) is 11.8 Å². The van der Waals surface area contributed by atoms with Gasteiger partial charge in [0.15, 0.2) is 0 Å². The van der Waals surface area contributed by atoms with Crippen LogP contribution in [0.15, 0.2) is 12.3 Å². The lowest BCUT2D eigenvalue weighted by Crippen LogP contribution is -2.49. The van der Waals surface area contributed by atoms with Crippen LogP contribution in [0.25, 0.3) is 0 Å². The first kappa shape index (κ1) is 40.8. The van der Waals surface area contributed by atoms with Crippen LogP contribution in [0.2, 0.25) is 0 Å². The summed E-state index contributed by atoms with van der Waals surface area (Å²) in [4.78, 5) is 94.2. The lowest BCUT2D eigenvalue weighted by molar-refractivity contribution is -0.140. The Kier molecular flexibility index (Phi) is 16.9. The Morgan fingerprint density at radius 1 is 0.796 bits per heavy atom. The molecule has 0 radical (unpaired) electrons. The van der Waals surface area contributed by atoms with Crippen LogP contribution in [0.4, 0.5) is 0 Å². The molecule has 12 N–H and O–H groups in total. The molecule has 272 valence electrons. The molecule has 2 heterocycles. The number of carbonyl (C=O) groups is 8. The number of rotatable bonds is 23. The highest BCUT2D eigenvalue weighted by molar-refractivity contribution is 7.99. The fraction of sp³-hybridized carbons (Fsp3) is 0.571. The molecule has 19 nitrogen and oxygen atoms in total. The summed E-state index contributed by atoms with van der Waals surface area (Å²) >= 11 is 2.64. The minimum atomic E-state index is -1.28. The first-order chi connectivity index (χ1) is 23.1. The van der Waals surface area contributed by atoms with Crippen LogP contribution in [0, 0.1) is 0 Å². The quantitative estimate of drug-likeness (QED) is 0.0563. The fourth-order valence-corrected chi connectivity index (χ4v) is 7.01. The molecular weight excluding hydrogens is 690 g/mol. The molecule has 1 aliphatic rings. The molecule has 21 heteroatoms. The molecule has 49 heavy (non-hydrogen) atoms. The molecule has 5 atom stereocenters. The summed E-state index contributed by atoms with van der Waals surface area (Å²) < 4.78 is 2.02. The van der Waals surface area contributed by atoms with E-state index in [9.17, 15) is 38.4 Å². The third-order valence-corrected chi connectivity index (χ3v) is 9.64. The number of nitrogens with two attached hydrogens (primary N) is 2. The number of nitrogens with one attached hydrogen (secondary N) is 4. The zero-order valence-corrected chi connectivity index (χ0v) is 27.9. The second-order valence-corrected chi connectivity index (χ2v) is 13.2. The molecular formula is C28H41N7O12S2. The first-order valence-corrected chi connectivity index (χ1v) is 17.2. The molecule has 0 bridgehead atoms. The minimum Gasteiger partial charge on any atom is -0.480 e. The smallest absolute Gasteiger partial charge is 0.322 e. The van der Waals surface area contributed by atoms with E-state index >= 15 is 0 Å². The van der Waals surface area contributed by atoms with E-state index < -0.39 is 84.8 Å². The van der Waals surface area contributed by atoms with Crippen molar-refractivity contribution in [1.29, 1.82) is 0 Å². The maximum absolute atomic E-state index is 12.8. The van der Waals surface area contributed by atoms with Gasteiger partial charge in [-0.25, -0.2) is 0 Å². The van der Waals surface area contributed by atoms with E-state index in [2.05, 4.69) is 21.3 Å². The van der Waals surface area contributed by atoms with Crippen LogP contribution in [0.3, 0.4) is 0 Å². The fourth-order valence-electron chi connectivity index (χ4n) is 4.58. The summed E-state index contributed by atoms with van der Waals surface area (Å²) in [5, 5.41) is 45.1. The Bertz CT molecular complexity index is 1390. The van der Waals surface area contributed by atoms with Crippen molar-refractivity contribution >= 4 is 71.0 Å². The van der Waals surface area contributed by atoms with Crippen molar-refractivity contribution in [3.63, 3.8) is 0 Å². The Labute approximate surface area is 288 Å². The van der Waals surface area contributed by atoms with Crippen molar-refractivity contribution in [1.82, 2.24) is 25.8 Å². The molecule has 0 saturated heterocycles. The van der Waals surface area contributed by atoms with Gasteiger partial charge in [0.2, 0.25) is 23.6 Å². The van der Waals surface area contributed by atoms with Crippen molar-refractivity contribution in [3.05, 3.63) is 23.5 Å². The zero-order chi connectivity index (χ0) is 36.7. The van der Waals surface area contributed by atoms with Crippen LogP contribution < -0.4 is 32.7 Å². The highest BCUT2D eigenvalue weighted by atomic mass is 32.2. The largest absolute Gasteiger partial charge is 0.480 e. The topological polar surface area (TPSA) is 323 Å². The summed E-state index contributed by atoms with van der Waals surface area (Å²) in [6.07, 6.45) is 1.69. The molecule has 0 unspecified atom stereocenters. The predicted octanol–water partition coefficient (Wildman–Crippen LogP) is -2.35. The molecule has 0 aliphatic carbocycles. The van der Waals surface area contributed by atoms with E-state index in [1.165, 1.54) is 23.5 Å². The van der Waals surface area contributed by atoms with Crippen molar-refractivity contribution < 1.29 is 58.8 Å². The van der Waals surface area contributed by atoms with Crippen molar-refractivity contribution in [2.45, 2.75) is 73.8 Å². The minimum absolute atomic E-state index is 0.0496. The molecule has 1 aliphatic heterocycles. The highest BCUT2D eigenvalue weighted by Gasteiger charge is 2.30. The number of hydrogen-bond acceptors (Lipinski definition) is 12. The van der Waals surface area contributed by atoms with E-state index in [0.29, 0.717) is 18.7 Å². The normalized spacial score (nSPS) is 15.9. The second-order valence-electron chi connectivity index (χ2n) is 11.0. The van der Waals surface area contributed by atoms with Crippen molar-refractivity contribution in [3.8, 4) is 0 Å². The Balaban J connectivity index is 2.07. The summed E-state index contributed by atoms with van der Waals surface area (Å²) in [5.41, 5.74) is 12.7. The number of fused-ring (bicyclic) bond motifs is 1. The first-order valence-electron chi connectivity index (χ1n) is 15.0. The van der Waals surface area contributed by atoms with Gasteiger partial charge in [-0.3, -0.25) is 38.4 Å². The number of thioether (sulfide) groups is 2. The third kappa shape index (κ3) is 14.4. The van der Waals surface area contributed by atoms with Crippen molar-refractivity contribution in [2.24, 2.45) is 11.5 Å². The lowest BCUT2D eigenvalue weighted by Gasteiger charge is -2.21. The van der Waals surface area contributed by atoms with E-state index in [1.807, 2.05) is 16.8 Å². The SMILES string of the molecule is N[C@@H](CCC(=O)N[C@@H](CSCc1ccn2c1[C@H](SC[C@H](NC(=O)CC[C@H](N)C(=O)O)C(=O)NCC(=O)O)CC2)C(=O)NCC(=O)O)C(=O)O. The number of aliphatic carboxylic acids is 4. The Morgan fingerprint density at radius 3 is 1.76 bits per heavy atom. The maximum Gasteiger partial charge on any atom is 0.322 e. The van der Waals surface area contributed by atoms with Crippen LogP contribution in [-0.4, -0.2) is 121 Å². The van der Waals surface area contributed by atoms with Gasteiger partial charge in [0.25, 0.3) is 0 Å². The molecule has 4 amide bonds. The number of aromatic nitrogens is 1. The third-order valence-electron chi connectivity index (χ3n) is 7.17. The molecule has 0 saturated carbocycles. The van der Waals surface area contributed by atoms with Gasteiger partial charge >= 0.3 is 23.9 Å². The summed E-state index contributed by atoms with van der Waals surface area (Å²) in [6.45, 7) is -0.682. The standard InChI is InChI=1S/C28H41N7O12S2/c29-15(27(44)45)1-3-20(36)33-17(25(42)31-9-22(38)39)12-48-11-14-5-7-35-8-6-19(24(14)35)49-13-18(26(43)32-10-23(40)41)34-21(37)4-2-16(30)28(46)47/h5,7,15-19H,1-4,6,8-13,29-30H2,(H,31,42)(H,32,43)(H,33,36)(H,34,37)(H,38,39)(H,40,41)(H,44,45)(H,46,47)/t15-,16-,17-,18-,19+/m0/s1. The zero-order valence-electron chi connectivity index (χ0n) is 26.3. The second kappa shape index (κ2) is 20.2. The highest BCUT2D eigenvalue weighted by Crippen LogP contribution is 2.41. The number of carboxylic acids is 4. The number of hydrogen-bond donors (Lipinski definition) is 10. The lowest BCUT2D eigenvalue weighted by atomic mass is 10.1. The van der Waals surface area contributed by atoms with Gasteiger partial charge in [-0.05, 0) is 30.9 Å². The van der Waals surface area contributed by atoms with Gasteiger partial charge in [0.1, 0.15) is 37.3 Å². The maximum atomic E-state index is 12.8. The average molecular weight is 732 g/mol. The number of nitrogens with zero attached hydrogens (tertiary/aromatic N) is 1. The number of carboxylic acid groups (broad SMARTS) is 4. The van der Waals surface area contributed by atoms with Crippen LogP contribution in [0.1, 0.15) is 48.6 Å². The molecule has 0 fully saturated rings. The van der Waals surface area contributed by atoms with E-state index in [-0.39, 0.29) is 42.4 Å². The van der Waals surface area contributed by atoms with Crippen LogP contribution in [-0.2, 0) is 50.7 Å². The number of aryl methyl sites for hydroxylation is 1. The van der Waals surface area contributed by atoms with Gasteiger partial charge in [0.05, 0.1) is 0 Å².